The Hall–Kier alpha value is -2.71. The predicted octanol–water partition coefficient (Wildman–Crippen LogP) is 12.4. The molecule has 0 aromatic heterocycles. The number of carboxylic acid groups (broad SMARTS) is 1. The molecule has 0 radical (unpaired) electrons. The zero-order valence-electron chi connectivity index (χ0n) is 36.8. The van der Waals surface area contributed by atoms with E-state index in [0.717, 1.165) is 44.9 Å². The Morgan fingerprint density at radius 3 is 1.55 bits per heavy atom. The van der Waals surface area contributed by atoms with Gasteiger partial charge in [0.25, 0.3) is 0 Å². The van der Waals surface area contributed by atoms with Gasteiger partial charge in [-0.3, -0.25) is 9.59 Å². The third-order valence-electron chi connectivity index (χ3n) is 9.96. The molecule has 0 aliphatic carbocycles. The molecule has 0 aliphatic heterocycles. The number of allylic oxidation sites excluding steroid dienone is 8. The molecular formula is C48H86NO7+. The molecule has 0 fully saturated rings. The Kier molecular flexibility index (Phi) is 37.2. The van der Waals surface area contributed by atoms with E-state index in [4.69, 9.17) is 14.2 Å². The largest absolute Gasteiger partial charge is 0.477 e. The summed E-state index contributed by atoms with van der Waals surface area (Å²) in [7, 11) is 5.51. The van der Waals surface area contributed by atoms with Crippen LogP contribution in [-0.2, 0) is 28.6 Å². The molecule has 0 saturated carbocycles. The molecule has 0 saturated heterocycles. The van der Waals surface area contributed by atoms with Gasteiger partial charge >= 0.3 is 17.9 Å². The van der Waals surface area contributed by atoms with Gasteiger partial charge in [0.1, 0.15) is 6.61 Å². The van der Waals surface area contributed by atoms with Gasteiger partial charge < -0.3 is 23.8 Å². The van der Waals surface area contributed by atoms with Crippen LogP contribution in [0, 0.1) is 0 Å². The topological polar surface area (TPSA) is 99.1 Å². The summed E-state index contributed by atoms with van der Waals surface area (Å²) in [5.74, 6) is -1.54. The lowest BCUT2D eigenvalue weighted by Crippen LogP contribution is -2.50. The Balaban J connectivity index is 4.30. The summed E-state index contributed by atoms with van der Waals surface area (Å²) in [5.41, 5.74) is 0. The number of hydrogen-bond acceptors (Lipinski definition) is 6. The lowest BCUT2D eigenvalue weighted by Gasteiger charge is -2.31. The van der Waals surface area contributed by atoms with Crippen molar-refractivity contribution < 1.29 is 38.2 Å². The molecule has 56 heavy (non-hydrogen) atoms. The number of ether oxygens (including phenoxy) is 3. The average molecular weight is 789 g/mol. The highest BCUT2D eigenvalue weighted by Crippen LogP contribution is 2.14. The van der Waals surface area contributed by atoms with Gasteiger partial charge in [-0.15, -0.1) is 0 Å². The highest BCUT2D eigenvalue weighted by atomic mass is 16.6. The van der Waals surface area contributed by atoms with E-state index in [1.54, 1.807) is 0 Å². The molecule has 324 valence electrons. The van der Waals surface area contributed by atoms with Gasteiger partial charge in [0.05, 0.1) is 34.4 Å². The smallest absolute Gasteiger partial charge is 0.362 e. The van der Waals surface area contributed by atoms with Gasteiger partial charge in [0.15, 0.2) is 12.1 Å². The zero-order valence-corrected chi connectivity index (χ0v) is 36.8. The lowest BCUT2D eigenvalue weighted by molar-refractivity contribution is -0.887. The first-order valence-electron chi connectivity index (χ1n) is 22.7. The SMILES string of the molecule is CC/C=C/C/C=C/C/C=C/CCCC(=O)OCC(COCCC(C(=O)O)[N+](C)(C)C)OC(=O)CCCCCCCCC/C=C/CCCCCCCCCCCC. The molecule has 0 bridgehead atoms. The summed E-state index contributed by atoms with van der Waals surface area (Å²) in [6.45, 7) is 4.56. The van der Waals surface area contributed by atoms with Crippen molar-refractivity contribution in [3.63, 3.8) is 0 Å². The van der Waals surface area contributed by atoms with Crippen LogP contribution < -0.4 is 0 Å². The standard InChI is InChI=1S/C48H85NO7/c1-6-8-10-12-14-16-18-19-20-21-22-23-24-25-26-27-29-31-33-35-37-39-47(51)56-44(42-54-41-40-45(48(52)53)49(3,4)5)43-55-46(50)38-36-34-32-30-28-17-15-13-11-9-7-2/h9,11,15,17,23-24,30,32,44-45H,6-8,10,12-14,16,18-22,25-29,31,33-43H2,1-5H3/p+1/b11-9+,17-15+,24-23+,32-30+. The van der Waals surface area contributed by atoms with Crippen molar-refractivity contribution in [3.05, 3.63) is 48.6 Å². The fourth-order valence-electron chi connectivity index (χ4n) is 6.46. The van der Waals surface area contributed by atoms with E-state index >= 15 is 0 Å². The Bertz CT molecular complexity index is 1060. The number of nitrogens with zero attached hydrogens (tertiary/aromatic N) is 1. The van der Waals surface area contributed by atoms with E-state index in [2.05, 4.69) is 62.5 Å². The highest BCUT2D eigenvalue weighted by molar-refractivity contribution is 5.72. The quantitative estimate of drug-likeness (QED) is 0.0286. The minimum Gasteiger partial charge on any atom is -0.477 e. The maximum absolute atomic E-state index is 12.7. The van der Waals surface area contributed by atoms with Crippen molar-refractivity contribution in [2.45, 2.75) is 199 Å². The number of likely N-dealkylation sites (N-methyl/N-ethyl adjacent to an activating group) is 1. The number of hydrogen-bond donors (Lipinski definition) is 1. The first-order chi connectivity index (χ1) is 27.1. The van der Waals surface area contributed by atoms with Crippen LogP contribution in [0.25, 0.3) is 0 Å². The van der Waals surface area contributed by atoms with Crippen LogP contribution >= 0.6 is 0 Å². The van der Waals surface area contributed by atoms with Crippen molar-refractivity contribution in [3.8, 4) is 0 Å². The minimum atomic E-state index is -0.883. The third kappa shape index (κ3) is 36.9. The maximum atomic E-state index is 12.7. The van der Waals surface area contributed by atoms with E-state index < -0.39 is 18.1 Å². The van der Waals surface area contributed by atoms with E-state index in [9.17, 15) is 19.5 Å². The van der Waals surface area contributed by atoms with Crippen molar-refractivity contribution in [2.24, 2.45) is 0 Å². The fourth-order valence-corrected chi connectivity index (χ4v) is 6.46. The number of aliphatic carboxylic acids is 1. The van der Waals surface area contributed by atoms with Crippen LogP contribution in [0.5, 0.6) is 0 Å². The summed E-state index contributed by atoms with van der Waals surface area (Å²) in [4.78, 5) is 36.9. The summed E-state index contributed by atoms with van der Waals surface area (Å²) in [5, 5.41) is 9.61. The van der Waals surface area contributed by atoms with Crippen LogP contribution in [0.2, 0.25) is 0 Å². The number of quaternary nitrogens is 1. The number of unbranched alkanes of at least 4 members (excludes halogenated alkanes) is 18. The second-order valence-corrected chi connectivity index (χ2v) is 16.3. The monoisotopic (exact) mass is 789 g/mol. The van der Waals surface area contributed by atoms with E-state index in [-0.39, 0.29) is 42.7 Å². The maximum Gasteiger partial charge on any atom is 0.362 e. The molecule has 8 heteroatoms. The fraction of sp³-hybridized carbons (Fsp3) is 0.771. The molecule has 2 atom stereocenters. The molecular weight excluding hydrogens is 703 g/mol. The Morgan fingerprint density at radius 1 is 0.554 bits per heavy atom. The Morgan fingerprint density at radius 2 is 1.02 bits per heavy atom. The molecule has 0 aliphatic rings. The first kappa shape index (κ1) is 53.3. The molecule has 0 aromatic carbocycles. The van der Waals surface area contributed by atoms with Gasteiger partial charge in [-0.1, -0.05) is 152 Å². The zero-order chi connectivity index (χ0) is 41.4. The van der Waals surface area contributed by atoms with E-state index in [1.807, 2.05) is 21.1 Å². The molecule has 1 N–H and O–H groups in total. The second-order valence-electron chi connectivity index (χ2n) is 16.3. The molecule has 0 amide bonds. The average Bonchev–Trinajstić information content (AvgIpc) is 3.15. The van der Waals surface area contributed by atoms with Gasteiger partial charge in [-0.25, -0.2) is 4.79 Å². The first-order valence-corrected chi connectivity index (χ1v) is 22.7. The number of carboxylic acids is 1. The lowest BCUT2D eigenvalue weighted by atomic mass is 10.1. The van der Waals surface area contributed by atoms with Gasteiger partial charge in [-0.2, -0.15) is 0 Å². The third-order valence-corrected chi connectivity index (χ3v) is 9.96. The molecule has 2 unspecified atom stereocenters. The number of esters is 2. The number of carbonyl (C=O) groups excluding carboxylic acids is 2. The molecule has 0 heterocycles. The van der Waals surface area contributed by atoms with Gasteiger partial charge in [-0.05, 0) is 64.2 Å². The van der Waals surface area contributed by atoms with Crippen LogP contribution in [-0.4, -0.2) is 80.6 Å². The van der Waals surface area contributed by atoms with Crippen LogP contribution in [0.3, 0.4) is 0 Å². The Labute approximate surface area is 344 Å². The van der Waals surface area contributed by atoms with Gasteiger partial charge in [0, 0.05) is 19.3 Å². The van der Waals surface area contributed by atoms with Gasteiger partial charge in [0.2, 0.25) is 0 Å². The summed E-state index contributed by atoms with van der Waals surface area (Å²) in [6, 6.07) is -0.622. The molecule has 0 aromatic rings. The molecule has 0 spiro atoms. The minimum absolute atomic E-state index is 0.0431. The summed E-state index contributed by atoms with van der Waals surface area (Å²) >= 11 is 0. The van der Waals surface area contributed by atoms with Crippen LogP contribution in [0.4, 0.5) is 0 Å². The van der Waals surface area contributed by atoms with Crippen molar-refractivity contribution >= 4 is 17.9 Å². The summed E-state index contributed by atoms with van der Waals surface area (Å²) < 4.78 is 17.2. The van der Waals surface area contributed by atoms with Crippen LogP contribution in [0.1, 0.15) is 187 Å². The summed E-state index contributed by atoms with van der Waals surface area (Å²) in [6.07, 6.45) is 46.0. The normalized spacial score (nSPS) is 13.4. The number of carbonyl (C=O) groups is 3. The second kappa shape index (κ2) is 39.1. The predicted molar refractivity (Wildman–Crippen MR) is 234 cm³/mol. The van der Waals surface area contributed by atoms with Crippen molar-refractivity contribution in [1.82, 2.24) is 0 Å². The van der Waals surface area contributed by atoms with Crippen molar-refractivity contribution in [1.29, 1.82) is 0 Å². The highest BCUT2D eigenvalue weighted by Gasteiger charge is 2.31. The van der Waals surface area contributed by atoms with E-state index in [0.29, 0.717) is 19.3 Å². The van der Waals surface area contributed by atoms with E-state index in [1.165, 1.54) is 103 Å². The molecule has 8 nitrogen and oxygen atoms in total. The number of rotatable bonds is 40. The van der Waals surface area contributed by atoms with Crippen LogP contribution in [0.15, 0.2) is 48.6 Å². The molecule has 0 rings (SSSR count). The van der Waals surface area contributed by atoms with Crippen molar-refractivity contribution in [2.75, 3.05) is 41.0 Å².